The molecule has 134 valence electrons. The van der Waals surface area contributed by atoms with Crippen LogP contribution >= 0.6 is 0 Å². The Kier molecular flexibility index (Phi) is 4.79. The van der Waals surface area contributed by atoms with Crippen LogP contribution in [0.1, 0.15) is 31.1 Å². The van der Waals surface area contributed by atoms with Gasteiger partial charge in [-0.25, -0.2) is 14.4 Å². The van der Waals surface area contributed by atoms with Gasteiger partial charge in [0.05, 0.1) is 0 Å². The van der Waals surface area contributed by atoms with Crippen LogP contribution in [-0.4, -0.2) is 25.7 Å². The van der Waals surface area contributed by atoms with Crippen LogP contribution in [0.4, 0.5) is 10.2 Å². The summed E-state index contributed by atoms with van der Waals surface area (Å²) in [4.78, 5) is 21.1. The van der Waals surface area contributed by atoms with Crippen molar-refractivity contribution in [3.8, 4) is 11.5 Å². The second-order valence-electron chi connectivity index (χ2n) is 6.93. The van der Waals surface area contributed by atoms with Crippen LogP contribution in [0.5, 0.6) is 0 Å². The fourth-order valence-electron chi connectivity index (χ4n) is 2.32. The minimum absolute atomic E-state index is 0.152. The van der Waals surface area contributed by atoms with Crippen LogP contribution < -0.4 is 5.32 Å². The summed E-state index contributed by atoms with van der Waals surface area (Å²) in [6.45, 7) is 5.93. The van der Waals surface area contributed by atoms with Crippen LogP contribution in [0.3, 0.4) is 0 Å². The van der Waals surface area contributed by atoms with Crippen LogP contribution in [-0.2, 0) is 6.54 Å². The highest BCUT2D eigenvalue weighted by Crippen LogP contribution is 2.24. The van der Waals surface area contributed by atoms with E-state index in [4.69, 9.17) is 0 Å². The fraction of sp³-hybridized carbons (Fsp3) is 0.263. The Balaban J connectivity index is 1.92. The van der Waals surface area contributed by atoms with Gasteiger partial charge >= 0.3 is 0 Å². The van der Waals surface area contributed by atoms with Gasteiger partial charge < -0.3 is 5.32 Å². The number of carbonyl (C=O) groups excluding carboxylic acids is 1. The lowest BCUT2D eigenvalue weighted by Gasteiger charge is -2.18. The molecule has 3 rings (SSSR count). The number of aromatic nitrogens is 4. The Morgan fingerprint density at radius 2 is 1.81 bits per heavy atom. The molecule has 2 aromatic heterocycles. The molecule has 7 heteroatoms. The molecule has 3 aromatic rings. The Morgan fingerprint density at radius 3 is 2.42 bits per heavy atom. The molecule has 0 aliphatic heterocycles. The maximum atomic E-state index is 13.0. The van der Waals surface area contributed by atoms with Gasteiger partial charge in [0.25, 0.3) is 5.91 Å². The third-order valence-corrected chi connectivity index (χ3v) is 3.73. The number of hydrogen-bond donors (Lipinski definition) is 1. The summed E-state index contributed by atoms with van der Waals surface area (Å²) in [6.07, 6.45) is 3.25. The van der Waals surface area contributed by atoms with Crippen molar-refractivity contribution in [1.82, 2.24) is 19.7 Å². The van der Waals surface area contributed by atoms with Gasteiger partial charge in [0, 0.05) is 30.4 Å². The summed E-state index contributed by atoms with van der Waals surface area (Å²) in [6, 6.07) is 9.64. The summed E-state index contributed by atoms with van der Waals surface area (Å²) in [5, 5.41) is 7.59. The molecule has 0 aliphatic rings. The van der Waals surface area contributed by atoms with Gasteiger partial charge in [-0.2, -0.15) is 9.78 Å². The molecule has 0 aliphatic carbocycles. The molecule has 0 atom stereocenters. The predicted octanol–water partition coefficient (Wildman–Crippen LogP) is 3.78. The summed E-state index contributed by atoms with van der Waals surface area (Å²) in [5.41, 5.74) is 0.789. The molecule has 0 saturated carbocycles. The molecule has 2 heterocycles. The highest BCUT2D eigenvalue weighted by Gasteiger charge is 2.27. The van der Waals surface area contributed by atoms with Gasteiger partial charge in [0.2, 0.25) is 0 Å². The molecular weight excluding hydrogens is 333 g/mol. The zero-order valence-electron chi connectivity index (χ0n) is 14.9. The molecule has 26 heavy (non-hydrogen) atoms. The maximum Gasteiger partial charge on any atom is 0.254 e. The average molecular weight is 353 g/mol. The SMILES string of the molecule is CC(C)(C)C(=O)n1nc(-c2ncccn2)cc1NCc1ccc(F)cc1. The third-order valence-electron chi connectivity index (χ3n) is 3.73. The monoisotopic (exact) mass is 353 g/mol. The van der Waals surface area contributed by atoms with E-state index in [2.05, 4.69) is 20.4 Å². The first-order chi connectivity index (χ1) is 12.3. The number of rotatable bonds is 4. The summed E-state index contributed by atoms with van der Waals surface area (Å²) in [7, 11) is 0. The Labute approximate surface area is 151 Å². The van der Waals surface area contributed by atoms with E-state index < -0.39 is 5.41 Å². The van der Waals surface area contributed by atoms with Gasteiger partial charge in [-0.05, 0) is 23.8 Å². The van der Waals surface area contributed by atoms with E-state index in [-0.39, 0.29) is 11.7 Å². The van der Waals surface area contributed by atoms with Gasteiger partial charge in [0.15, 0.2) is 5.82 Å². The molecule has 0 spiro atoms. The number of carbonyl (C=O) groups is 1. The van der Waals surface area contributed by atoms with E-state index in [0.717, 1.165) is 5.56 Å². The average Bonchev–Trinajstić information content (AvgIpc) is 3.04. The normalized spacial score (nSPS) is 11.4. The Bertz CT molecular complexity index is 898. The van der Waals surface area contributed by atoms with Crippen molar-refractivity contribution in [2.45, 2.75) is 27.3 Å². The van der Waals surface area contributed by atoms with E-state index in [1.165, 1.54) is 16.8 Å². The smallest absolute Gasteiger partial charge is 0.254 e. The molecule has 0 saturated heterocycles. The number of halogens is 1. The van der Waals surface area contributed by atoms with Crippen molar-refractivity contribution in [3.05, 3.63) is 60.2 Å². The minimum atomic E-state index is -0.604. The molecule has 1 aromatic carbocycles. The molecule has 0 radical (unpaired) electrons. The van der Waals surface area contributed by atoms with Crippen LogP contribution in [0.25, 0.3) is 11.5 Å². The molecule has 0 bridgehead atoms. The number of hydrogen-bond acceptors (Lipinski definition) is 5. The van der Waals surface area contributed by atoms with Gasteiger partial charge in [-0.3, -0.25) is 4.79 Å². The van der Waals surface area contributed by atoms with E-state index in [0.29, 0.717) is 23.9 Å². The quantitative estimate of drug-likeness (QED) is 0.773. The molecule has 1 N–H and O–H groups in total. The first kappa shape index (κ1) is 17.7. The second kappa shape index (κ2) is 7.03. The van der Waals surface area contributed by atoms with Crippen molar-refractivity contribution < 1.29 is 9.18 Å². The zero-order chi connectivity index (χ0) is 18.7. The van der Waals surface area contributed by atoms with E-state index in [9.17, 15) is 9.18 Å². The van der Waals surface area contributed by atoms with Gasteiger partial charge in [-0.1, -0.05) is 32.9 Å². The fourth-order valence-corrected chi connectivity index (χ4v) is 2.32. The van der Waals surface area contributed by atoms with Gasteiger partial charge in [0.1, 0.15) is 17.3 Å². The van der Waals surface area contributed by atoms with Crippen molar-refractivity contribution >= 4 is 11.7 Å². The largest absolute Gasteiger partial charge is 0.366 e. The molecule has 0 unspecified atom stereocenters. The second-order valence-corrected chi connectivity index (χ2v) is 6.93. The van der Waals surface area contributed by atoms with Gasteiger partial charge in [-0.15, -0.1) is 0 Å². The number of nitrogens with one attached hydrogen (secondary N) is 1. The standard InChI is InChI=1S/C19H20FN5O/c1-19(2,3)18(26)25-16(23-12-13-5-7-14(20)8-6-13)11-15(24-25)17-21-9-4-10-22-17/h4-11,23H,12H2,1-3H3. The summed E-state index contributed by atoms with van der Waals surface area (Å²) < 4.78 is 14.4. The lowest BCUT2D eigenvalue weighted by molar-refractivity contribution is 0.0752. The predicted molar refractivity (Wildman–Crippen MR) is 97.1 cm³/mol. The minimum Gasteiger partial charge on any atom is -0.366 e. The maximum absolute atomic E-state index is 13.0. The van der Waals surface area contributed by atoms with Crippen LogP contribution in [0.2, 0.25) is 0 Å². The Hall–Kier alpha value is -3.09. The summed E-state index contributed by atoms with van der Waals surface area (Å²) in [5.74, 6) is 0.543. The molecule has 0 fully saturated rings. The molecule has 0 amide bonds. The summed E-state index contributed by atoms with van der Waals surface area (Å²) >= 11 is 0. The first-order valence-corrected chi connectivity index (χ1v) is 8.25. The number of benzene rings is 1. The zero-order valence-corrected chi connectivity index (χ0v) is 14.9. The Morgan fingerprint density at radius 1 is 1.15 bits per heavy atom. The van der Waals surface area contributed by atoms with E-state index in [1.807, 2.05) is 20.8 Å². The van der Waals surface area contributed by atoms with Crippen molar-refractivity contribution in [2.24, 2.45) is 5.41 Å². The topological polar surface area (TPSA) is 72.7 Å². The third kappa shape index (κ3) is 3.93. The number of anilines is 1. The lowest BCUT2D eigenvalue weighted by Crippen LogP contribution is -2.28. The van der Waals surface area contributed by atoms with Crippen LogP contribution in [0, 0.1) is 11.2 Å². The van der Waals surface area contributed by atoms with Crippen molar-refractivity contribution in [1.29, 1.82) is 0 Å². The van der Waals surface area contributed by atoms with E-state index in [1.54, 1.807) is 36.7 Å². The number of nitrogens with zero attached hydrogens (tertiary/aromatic N) is 4. The van der Waals surface area contributed by atoms with Crippen molar-refractivity contribution in [3.63, 3.8) is 0 Å². The molecular formula is C19H20FN5O. The highest BCUT2D eigenvalue weighted by molar-refractivity contribution is 5.86. The highest BCUT2D eigenvalue weighted by atomic mass is 19.1. The first-order valence-electron chi connectivity index (χ1n) is 8.25. The van der Waals surface area contributed by atoms with Crippen molar-refractivity contribution in [2.75, 3.05) is 5.32 Å². The lowest BCUT2D eigenvalue weighted by atomic mass is 9.96. The molecule has 6 nitrogen and oxygen atoms in total. The van der Waals surface area contributed by atoms with E-state index >= 15 is 0 Å². The van der Waals surface area contributed by atoms with Crippen LogP contribution in [0.15, 0.2) is 48.8 Å².